The van der Waals surface area contributed by atoms with Crippen LogP contribution in [0.15, 0.2) is 0 Å². The lowest BCUT2D eigenvalue weighted by molar-refractivity contribution is -0.127. The smallest absolute Gasteiger partial charge is 0.237 e. The first-order valence-electron chi connectivity index (χ1n) is 6.50. The highest BCUT2D eigenvalue weighted by Crippen LogP contribution is 2.20. The maximum absolute atomic E-state index is 12.1. The number of carbonyl (C=O) groups excluding carboxylic acids is 1. The van der Waals surface area contributed by atoms with Gasteiger partial charge in [-0.25, -0.2) is 0 Å². The van der Waals surface area contributed by atoms with Crippen LogP contribution >= 0.6 is 0 Å². The summed E-state index contributed by atoms with van der Waals surface area (Å²) in [6.45, 7) is 2.13. The summed E-state index contributed by atoms with van der Waals surface area (Å²) in [7, 11) is 0. The van der Waals surface area contributed by atoms with Crippen LogP contribution in [0.2, 0.25) is 0 Å². The van der Waals surface area contributed by atoms with Crippen LogP contribution in [0.1, 0.15) is 32.1 Å². The van der Waals surface area contributed by atoms with Crippen molar-refractivity contribution in [1.82, 2.24) is 10.6 Å². The largest absolute Gasteiger partial charge is 0.394 e. The molecule has 0 bridgehead atoms. The van der Waals surface area contributed by atoms with E-state index in [9.17, 15) is 9.90 Å². The molecular weight excluding hydrogens is 220 g/mol. The van der Waals surface area contributed by atoms with Crippen LogP contribution in [0, 0.1) is 0 Å². The van der Waals surface area contributed by atoms with Crippen molar-refractivity contribution in [1.29, 1.82) is 0 Å². The van der Waals surface area contributed by atoms with E-state index in [1.165, 1.54) is 0 Å². The molecule has 0 saturated carbocycles. The minimum absolute atomic E-state index is 0.00514. The van der Waals surface area contributed by atoms with Crippen molar-refractivity contribution in [3.05, 3.63) is 0 Å². The third-order valence-electron chi connectivity index (χ3n) is 3.77. The molecule has 17 heavy (non-hydrogen) atoms. The predicted molar refractivity (Wildman–Crippen MR) is 63.7 cm³/mol. The molecule has 98 valence electrons. The topological polar surface area (TPSA) is 70.6 Å². The van der Waals surface area contributed by atoms with Gasteiger partial charge in [0, 0.05) is 13.2 Å². The summed E-state index contributed by atoms with van der Waals surface area (Å²) in [6.07, 6.45) is 4.52. The van der Waals surface area contributed by atoms with Crippen LogP contribution in [0.25, 0.3) is 0 Å². The molecule has 2 fully saturated rings. The number of hydrogen-bond acceptors (Lipinski definition) is 4. The van der Waals surface area contributed by atoms with Gasteiger partial charge in [0.05, 0.1) is 18.2 Å². The molecule has 0 aliphatic carbocycles. The molecule has 1 amide bonds. The first kappa shape index (κ1) is 12.8. The fourth-order valence-electron chi connectivity index (χ4n) is 2.51. The highest BCUT2D eigenvalue weighted by atomic mass is 16.5. The molecule has 1 atom stereocenters. The Morgan fingerprint density at radius 1 is 1.41 bits per heavy atom. The minimum Gasteiger partial charge on any atom is -0.394 e. The summed E-state index contributed by atoms with van der Waals surface area (Å²) in [5.41, 5.74) is -0.464. The molecular formula is C12H22N2O3. The number of nitrogens with one attached hydrogen (secondary N) is 2. The Kier molecular flexibility index (Phi) is 4.36. The van der Waals surface area contributed by atoms with Crippen molar-refractivity contribution in [2.45, 2.75) is 43.7 Å². The summed E-state index contributed by atoms with van der Waals surface area (Å²) < 4.78 is 5.28. The monoisotopic (exact) mass is 242 g/mol. The van der Waals surface area contributed by atoms with Crippen LogP contribution < -0.4 is 10.6 Å². The quantitative estimate of drug-likeness (QED) is 0.640. The molecule has 0 unspecified atom stereocenters. The first-order valence-corrected chi connectivity index (χ1v) is 6.50. The fraction of sp³-hybridized carbons (Fsp3) is 0.917. The van der Waals surface area contributed by atoms with Gasteiger partial charge in [0.1, 0.15) is 0 Å². The molecule has 5 heteroatoms. The van der Waals surface area contributed by atoms with Crippen molar-refractivity contribution in [3.8, 4) is 0 Å². The summed E-state index contributed by atoms with van der Waals surface area (Å²) in [5.74, 6) is 0.0284. The SMILES string of the molecule is O=C(NC1(CO)CCOCC1)[C@H]1CCCCN1. The van der Waals surface area contributed by atoms with Gasteiger partial charge in [0.2, 0.25) is 5.91 Å². The Morgan fingerprint density at radius 2 is 2.18 bits per heavy atom. The van der Waals surface area contributed by atoms with Crippen molar-refractivity contribution in [2.75, 3.05) is 26.4 Å². The molecule has 2 saturated heterocycles. The van der Waals surface area contributed by atoms with E-state index in [2.05, 4.69) is 10.6 Å². The van der Waals surface area contributed by atoms with Gasteiger partial charge >= 0.3 is 0 Å². The number of piperidine rings is 1. The zero-order valence-corrected chi connectivity index (χ0v) is 10.2. The number of rotatable bonds is 3. The summed E-state index contributed by atoms with van der Waals surface area (Å²) in [4.78, 5) is 12.1. The molecule has 3 N–H and O–H groups in total. The zero-order chi connectivity index (χ0) is 12.1. The number of hydrogen-bond donors (Lipinski definition) is 3. The Bertz CT molecular complexity index is 258. The second-order valence-electron chi connectivity index (χ2n) is 5.04. The maximum Gasteiger partial charge on any atom is 0.237 e. The molecule has 2 rings (SSSR count). The highest BCUT2D eigenvalue weighted by Gasteiger charge is 2.35. The Balaban J connectivity index is 1.90. The summed E-state index contributed by atoms with van der Waals surface area (Å²) in [6, 6.07) is -0.0879. The van der Waals surface area contributed by atoms with Gasteiger partial charge in [0.15, 0.2) is 0 Å². The minimum atomic E-state index is -0.464. The molecule has 0 radical (unpaired) electrons. The van der Waals surface area contributed by atoms with E-state index in [1.54, 1.807) is 0 Å². The van der Waals surface area contributed by atoms with Gasteiger partial charge in [0.25, 0.3) is 0 Å². The highest BCUT2D eigenvalue weighted by molar-refractivity contribution is 5.82. The van der Waals surface area contributed by atoms with Crippen molar-refractivity contribution in [3.63, 3.8) is 0 Å². The summed E-state index contributed by atoms with van der Waals surface area (Å²) in [5, 5.41) is 15.7. The van der Waals surface area contributed by atoms with Gasteiger partial charge in [-0.1, -0.05) is 6.42 Å². The van der Waals surface area contributed by atoms with Gasteiger partial charge in [-0.2, -0.15) is 0 Å². The van der Waals surface area contributed by atoms with Crippen LogP contribution in [0.5, 0.6) is 0 Å². The van der Waals surface area contributed by atoms with E-state index in [4.69, 9.17) is 4.74 Å². The first-order chi connectivity index (χ1) is 8.26. The van der Waals surface area contributed by atoms with Crippen molar-refractivity contribution >= 4 is 5.91 Å². The second kappa shape index (κ2) is 5.80. The molecule has 0 aromatic rings. The van der Waals surface area contributed by atoms with E-state index in [0.29, 0.717) is 26.1 Å². The maximum atomic E-state index is 12.1. The van der Waals surface area contributed by atoms with E-state index < -0.39 is 5.54 Å². The molecule has 2 heterocycles. The zero-order valence-electron chi connectivity index (χ0n) is 10.2. The normalized spacial score (nSPS) is 28.6. The van der Waals surface area contributed by atoms with Gasteiger partial charge in [-0.3, -0.25) is 4.79 Å². The van der Waals surface area contributed by atoms with Crippen molar-refractivity contribution in [2.24, 2.45) is 0 Å². The number of amides is 1. The van der Waals surface area contributed by atoms with Crippen LogP contribution in [-0.2, 0) is 9.53 Å². The molecule has 2 aliphatic rings. The molecule has 0 aromatic heterocycles. The lowest BCUT2D eigenvalue weighted by Crippen LogP contribution is -2.59. The lowest BCUT2D eigenvalue weighted by atomic mass is 9.90. The average Bonchev–Trinajstić information content (AvgIpc) is 2.41. The van der Waals surface area contributed by atoms with Crippen molar-refractivity contribution < 1.29 is 14.6 Å². The third kappa shape index (κ3) is 3.18. The second-order valence-corrected chi connectivity index (χ2v) is 5.04. The molecule has 2 aliphatic heterocycles. The van der Waals surface area contributed by atoms with Gasteiger partial charge < -0.3 is 20.5 Å². The van der Waals surface area contributed by atoms with E-state index in [-0.39, 0.29) is 18.6 Å². The molecule has 0 aromatic carbocycles. The number of aliphatic hydroxyl groups excluding tert-OH is 1. The number of carbonyl (C=O) groups is 1. The molecule has 0 spiro atoms. The van der Waals surface area contributed by atoms with Gasteiger partial charge in [-0.05, 0) is 32.2 Å². The standard InChI is InChI=1S/C12H22N2O3/c15-9-12(4-7-17-8-5-12)14-11(16)10-3-1-2-6-13-10/h10,13,15H,1-9H2,(H,14,16)/t10-/m1/s1. The summed E-state index contributed by atoms with van der Waals surface area (Å²) >= 11 is 0. The fourth-order valence-corrected chi connectivity index (χ4v) is 2.51. The average molecular weight is 242 g/mol. The number of aliphatic hydroxyl groups is 1. The Hall–Kier alpha value is -0.650. The Labute approximate surface area is 102 Å². The van der Waals surface area contributed by atoms with Crippen LogP contribution in [0.3, 0.4) is 0 Å². The van der Waals surface area contributed by atoms with Crippen LogP contribution in [0.4, 0.5) is 0 Å². The van der Waals surface area contributed by atoms with E-state index in [0.717, 1.165) is 25.8 Å². The predicted octanol–water partition coefficient (Wildman–Crippen LogP) is -0.214. The third-order valence-corrected chi connectivity index (χ3v) is 3.77. The van der Waals surface area contributed by atoms with Crippen LogP contribution in [-0.4, -0.2) is 49.0 Å². The van der Waals surface area contributed by atoms with E-state index >= 15 is 0 Å². The number of ether oxygens (including phenoxy) is 1. The van der Waals surface area contributed by atoms with E-state index in [1.807, 2.05) is 0 Å². The Morgan fingerprint density at radius 3 is 2.76 bits per heavy atom. The molecule has 5 nitrogen and oxygen atoms in total. The lowest BCUT2D eigenvalue weighted by Gasteiger charge is -2.38. The van der Waals surface area contributed by atoms with Gasteiger partial charge in [-0.15, -0.1) is 0 Å².